The number of benzene rings is 2. The maximum atomic E-state index is 12.0. The van der Waals surface area contributed by atoms with Crippen molar-refractivity contribution in [3.63, 3.8) is 0 Å². The topological polar surface area (TPSA) is 111 Å². The molecule has 4 amide bonds. The van der Waals surface area contributed by atoms with Gasteiger partial charge in [0, 0.05) is 21.2 Å². The van der Waals surface area contributed by atoms with E-state index >= 15 is 0 Å². The van der Waals surface area contributed by atoms with Crippen LogP contribution in [0.1, 0.15) is 34.6 Å². The van der Waals surface area contributed by atoms with Crippen molar-refractivity contribution in [3.05, 3.63) is 69.7 Å². The molecule has 2 aromatic carbocycles. The summed E-state index contributed by atoms with van der Waals surface area (Å²) < 4.78 is 10.1. The first-order chi connectivity index (χ1) is 14.2. The average molecular weight is 453 g/mol. The molecule has 0 aliphatic rings. The minimum atomic E-state index is -1.02. The van der Waals surface area contributed by atoms with Gasteiger partial charge in [-0.1, -0.05) is 23.2 Å². The van der Waals surface area contributed by atoms with E-state index in [4.69, 9.17) is 32.7 Å². The van der Waals surface area contributed by atoms with Gasteiger partial charge in [-0.25, -0.2) is 9.59 Å². The van der Waals surface area contributed by atoms with Gasteiger partial charge in [0.1, 0.15) is 12.2 Å². The Morgan fingerprint density at radius 1 is 0.667 bits per heavy atom. The molecule has 0 aromatic heterocycles. The SMILES string of the molecule is C[C@H](OC(=O)NC(=O)c1ccc(Cl)cc1)[C@@H](C)OC(=O)NC(=O)c1ccc(Cl)cc1. The molecule has 2 rings (SSSR count). The van der Waals surface area contributed by atoms with Crippen LogP contribution in [0, 0.1) is 0 Å². The van der Waals surface area contributed by atoms with Gasteiger partial charge in [-0.15, -0.1) is 0 Å². The number of ether oxygens (including phenoxy) is 2. The van der Waals surface area contributed by atoms with E-state index in [0.717, 1.165) is 0 Å². The highest BCUT2D eigenvalue weighted by Crippen LogP contribution is 2.11. The number of nitrogens with one attached hydrogen (secondary N) is 2. The molecule has 30 heavy (non-hydrogen) atoms. The van der Waals surface area contributed by atoms with Gasteiger partial charge in [-0.2, -0.15) is 0 Å². The number of carbonyl (C=O) groups is 4. The molecule has 2 aromatic rings. The summed E-state index contributed by atoms with van der Waals surface area (Å²) in [5, 5.41) is 4.99. The summed E-state index contributed by atoms with van der Waals surface area (Å²) in [6.45, 7) is 2.93. The number of carbonyl (C=O) groups excluding carboxylic acids is 4. The Morgan fingerprint density at radius 3 is 1.27 bits per heavy atom. The third kappa shape index (κ3) is 7.06. The van der Waals surface area contributed by atoms with Gasteiger partial charge in [0.15, 0.2) is 0 Å². The van der Waals surface area contributed by atoms with Crippen molar-refractivity contribution in [2.45, 2.75) is 26.1 Å². The van der Waals surface area contributed by atoms with E-state index in [9.17, 15) is 19.2 Å². The maximum absolute atomic E-state index is 12.0. The maximum Gasteiger partial charge on any atom is 0.414 e. The molecule has 10 heteroatoms. The Bertz CT molecular complexity index is 854. The lowest BCUT2D eigenvalue weighted by Crippen LogP contribution is -2.40. The van der Waals surface area contributed by atoms with E-state index < -0.39 is 36.2 Å². The van der Waals surface area contributed by atoms with Crippen molar-refractivity contribution in [1.82, 2.24) is 10.6 Å². The van der Waals surface area contributed by atoms with Crippen molar-refractivity contribution in [2.24, 2.45) is 0 Å². The van der Waals surface area contributed by atoms with Gasteiger partial charge < -0.3 is 9.47 Å². The molecule has 0 spiro atoms. The Hall–Kier alpha value is -3.10. The molecule has 0 heterocycles. The molecule has 158 valence electrons. The number of amides is 4. The molecule has 2 N–H and O–H groups in total. The molecule has 0 saturated heterocycles. The van der Waals surface area contributed by atoms with Gasteiger partial charge in [-0.05, 0) is 62.4 Å². The molecular weight excluding hydrogens is 435 g/mol. The van der Waals surface area contributed by atoms with Crippen LogP contribution in [0.2, 0.25) is 10.0 Å². The number of halogens is 2. The Morgan fingerprint density at radius 2 is 0.967 bits per heavy atom. The largest absolute Gasteiger partial charge is 0.442 e. The molecule has 0 fully saturated rings. The van der Waals surface area contributed by atoms with Crippen molar-refractivity contribution >= 4 is 47.2 Å². The van der Waals surface area contributed by atoms with Crippen LogP contribution in [0.15, 0.2) is 48.5 Å². The molecule has 8 nitrogen and oxygen atoms in total. The zero-order chi connectivity index (χ0) is 22.3. The predicted octanol–water partition coefficient (Wildman–Crippen LogP) is 4.20. The third-order valence-corrected chi connectivity index (χ3v) is 4.39. The zero-order valence-electron chi connectivity index (χ0n) is 16.0. The first-order valence-electron chi connectivity index (χ1n) is 8.70. The highest BCUT2D eigenvalue weighted by Gasteiger charge is 2.23. The smallest absolute Gasteiger partial charge is 0.414 e. The van der Waals surface area contributed by atoms with Crippen molar-refractivity contribution in [2.75, 3.05) is 0 Å². The fourth-order valence-electron chi connectivity index (χ4n) is 2.12. The van der Waals surface area contributed by atoms with Gasteiger partial charge >= 0.3 is 12.2 Å². The van der Waals surface area contributed by atoms with Gasteiger partial charge in [0.2, 0.25) is 0 Å². The highest BCUT2D eigenvalue weighted by molar-refractivity contribution is 6.31. The summed E-state index contributed by atoms with van der Waals surface area (Å²) in [6, 6.07) is 11.8. The number of imide groups is 2. The summed E-state index contributed by atoms with van der Waals surface area (Å²) >= 11 is 11.5. The molecule has 0 aliphatic carbocycles. The normalized spacial score (nSPS) is 12.3. The van der Waals surface area contributed by atoms with E-state index in [2.05, 4.69) is 0 Å². The summed E-state index contributed by atoms with van der Waals surface area (Å²) in [5.74, 6) is -1.35. The second-order valence-electron chi connectivity index (χ2n) is 6.14. The molecular formula is C20H18Cl2N2O6. The first kappa shape index (κ1) is 23.2. The summed E-state index contributed by atoms with van der Waals surface area (Å²) in [7, 11) is 0. The lowest BCUT2D eigenvalue weighted by Gasteiger charge is -2.20. The first-order valence-corrected chi connectivity index (χ1v) is 9.46. The Labute approximate surface area is 182 Å². The number of alkyl carbamates (subject to hydrolysis) is 2. The lowest BCUT2D eigenvalue weighted by molar-refractivity contribution is 0.00833. The lowest BCUT2D eigenvalue weighted by atomic mass is 10.2. The van der Waals surface area contributed by atoms with E-state index in [0.29, 0.717) is 10.0 Å². The van der Waals surface area contributed by atoms with Gasteiger partial charge in [-0.3, -0.25) is 20.2 Å². The van der Waals surface area contributed by atoms with Crippen molar-refractivity contribution in [3.8, 4) is 0 Å². The number of hydrogen-bond acceptors (Lipinski definition) is 6. The Kier molecular flexibility index (Phi) is 8.20. The minimum absolute atomic E-state index is 0.216. The highest BCUT2D eigenvalue weighted by atomic mass is 35.5. The van der Waals surface area contributed by atoms with Crippen molar-refractivity contribution in [1.29, 1.82) is 0 Å². The molecule has 2 atom stereocenters. The Balaban J connectivity index is 1.80. The van der Waals surface area contributed by atoms with Crippen LogP contribution in [-0.2, 0) is 9.47 Å². The predicted molar refractivity (Wildman–Crippen MR) is 110 cm³/mol. The van der Waals surface area contributed by atoms with Crippen LogP contribution in [0.5, 0.6) is 0 Å². The monoisotopic (exact) mass is 452 g/mol. The van der Waals surface area contributed by atoms with Crippen LogP contribution in [0.4, 0.5) is 9.59 Å². The van der Waals surface area contributed by atoms with Crippen LogP contribution in [0.3, 0.4) is 0 Å². The van der Waals surface area contributed by atoms with E-state index in [1.54, 1.807) is 0 Å². The fourth-order valence-corrected chi connectivity index (χ4v) is 2.37. The molecule has 0 saturated carbocycles. The van der Waals surface area contributed by atoms with Gasteiger partial charge in [0.05, 0.1) is 0 Å². The number of hydrogen-bond donors (Lipinski definition) is 2. The molecule has 0 bridgehead atoms. The van der Waals surface area contributed by atoms with Gasteiger partial charge in [0.25, 0.3) is 11.8 Å². The third-order valence-electron chi connectivity index (χ3n) is 3.89. The molecule has 0 unspecified atom stereocenters. The van der Waals surface area contributed by atoms with E-state index in [-0.39, 0.29) is 11.1 Å². The summed E-state index contributed by atoms with van der Waals surface area (Å²) in [4.78, 5) is 47.7. The second-order valence-corrected chi connectivity index (χ2v) is 7.02. The van der Waals surface area contributed by atoms with Crippen LogP contribution in [0.25, 0.3) is 0 Å². The van der Waals surface area contributed by atoms with E-state index in [1.165, 1.54) is 62.4 Å². The van der Waals surface area contributed by atoms with E-state index in [1.807, 2.05) is 10.6 Å². The van der Waals surface area contributed by atoms with Crippen molar-refractivity contribution < 1.29 is 28.7 Å². The second kappa shape index (κ2) is 10.6. The summed E-state index contributed by atoms with van der Waals surface area (Å²) in [5.41, 5.74) is 0.432. The molecule has 0 aliphatic heterocycles. The fraction of sp³-hybridized carbons (Fsp3) is 0.200. The van der Waals surface area contributed by atoms with Crippen LogP contribution in [-0.4, -0.2) is 36.2 Å². The number of rotatable bonds is 5. The van der Waals surface area contributed by atoms with Crippen LogP contribution < -0.4 is 10.6 Å². The summed E-state index contributed by atoms with van der Waals surface area (Å²) in [6.07, 6.45) is -3.84. The average Bonchev–Trinajstić information content (AvgIpc) is 2.68. The minimum Gasteiger partial charge on any atom is -0.442 e. The standard InChI is InChI=1S/C20H18Cl2N2O6/c1-11(29-19(27)23-17(25)13-3-7-15(21)8-4-13)12(2)30-20(28)24-18(26)14-5-9-16(22)10-6-14/h3-12H,1-2H3,(H,23,25,27)(H,24,26,28)/t11-,12+. The zero-order valence-corrected chi connectivity index (χ0v) is 17.5. The van der Waals surface area contributed by atoms with Crippen LogP contribution >= 0.6 is 23.2 Å². The molecule has 0 radical (unpaired) electrons. The quantitative estimate of drug-likeness (QED) is 0.702.